The first-order valence-electron chi connectivity index (χ1n) is 24.3. The highest BCUT2D eigenvalue weighted by atomic mass is 35.5. The molecular formula is C53H46ClF3N10O8S. The maximum absolute atomic E-state index is 17.3. The zero-order valence-corrected chi connectivity index (χ0v) is 42.6. The first kappa shape index (κ1) is 50.3. The van der Waals surface area contributed by atoms with E-state index in [4.69, 9.17) is 36.5 Å². The third-order valence-corrected chi connectivity index (χ3v) is 16.1. The summed E-state index contributed by atoms with van der Waals surface area (Å²) < 4.78 is 66.2. The van der Waals surface area contributed by atoms with Crippen molar-refractivity contribution < 1.29 is 46.9 Å². The smallest absolute Gasteiger partial charge is 0.412 e. The highest BCUT2D eigenvalue weighted by Gasteiger charge is 2.45. The first-order chi connectivity index (χ1) is 36.4. The topological polar surface area (TPSA) is 231 Å². The highest BCUT2D eigenvalue weighted by molar-refractivity contribution is 7.23. The Hall–Kier alpha value is -7.84. The lowest BCUT2D eigenvalue weighted by Crippen LogP contribution is -2.54. The number of nitrogen functional groups attached to an aromatic ring is 1. The normalized spacial score (nSPS) is 19.1. The van der Waals surface area contributed by atoms with Gasteiger partial charge in [0, 0.05) is 76.2 Å². The Kier molecular flexibility index (Phi) is 12.6. The summed E-state index contributed by atoms with van der Waals surface area (Å²) in [6.45, 7) is 8.18. The molecule has 0 aliphatic carbocycles. The third-order valence-electron chi connectivity index (χ3n) is 14.8. The van der Waals surface area contributed by atoms with Crippen LogP contribution in [0, 0.1) is 28.8 Å². The molecule has 4 aliphatic rings. The molecule has 2 saturated heterocycles. The van der Waals surface area contributed by atoms with Crippen LogP contribution in [-0.2, 0) is 37.8 Å². The average molecular weight is 1080 g/mol. The number of anilines is 3. The maximum Gasteiger partial charge on any atom is 0.412 e. The number of nitrogens with two attached hydrogens (primary N) is 1. The fraction of sp³-hybridized carbons (Fsp3) is 0.321. The van der Waals surface area contributed by atoms with Crippen molar-refractivity contribution in [3.63, 3.8) is 0 Å². The maximum atomic E-state index is 17.3. The standard InChI is InChI=1S/C53H46ClF3N10O8S/c1-5-53(72)33-16-39-43-27(20-67(39)49(69)32(33)23-73-50(53)70)13-26-14-38(36(56)17-37(26)60-43)61-52(71)75-21-24(2)48(68)65-11-12-66(25(3)19-65)47-30-15-34(54)41(29-8-9-35(55)45-40(29)31(18-58)46(59)76-45)42(57)44(30)62-51(63-47)74-22-28-7-6-10-64(28)4/h8-9,13-17,25,28,72H,2,5-7,10-12,19-23,59H2,1,3-4H3,(H,61,71). The van der Waals surface area contributed by atoms with E-state index in [2.05, 4.69) is 26.8 Å². The molecule has 18 nitrogen and oxygen atoms in total. The molecule has 4 aliphatic heterocycles. The van der Waals surface area contributed by atoms with E-state index in [9.17, 15) is 29.5 Å². The van der Waals surface area contributed by atoms with Crippen LogP contribution in [0.3, 0.4) is 0 Å². The quantitative estimate of drug-likeness (QED) is 0.0878. The molecule has 0 bridgehead atoms. The number of benzene rings is 3. The molecule has 0 radical (unpaired) electrons. The number of amides is 2. The van der Waals surface area contributed by atoms with Crippen molar-refractivity contribution in [2.45, 2.75) is 63.9 Å². The predicted molar refractivity (Wildman–Crippen MR) is 278 cm³/mol. The molecule has 4 aromatic heterocycles. The SMILES string of the molecule is C=C(COC(=O)Nc1cc2cc3c(nc2cc1F)-c1cc2c(c(=O)n1C3)COC(=O)C2(O)CC)C(=O)N1CCN(c2nc(OCC3CCCN3C)nc3c(F)c(-c4ccc(F)c5sc(N)c(C#N)c45)c(Cl)cc23)C(C)C1. The minimum atomic E-state index is -2.01. The molecule has 3 aromatic carbocycles. The first-order valence-corrected chi connectivity index (χ1v) is 25.5. The number of aromatic nitrogens is 4. The minimum absolute atomic E-state index is 0.00447. The van der Waals surface area contributed by atoms with Gasteiger partial charge in [-0.2, -0.15) is 15.2 Å². The zero-order chi connectivity index (χ0) is 53.6. The largest absolute Gasteiger partial charge is 0.462 e. The van der Waals surface area contributed by atoms with E-state index in [-0.39, 0.29) is 139 Å². The number of carbonyl (C=O) groups excluding carboxylic acids is 3. The van der Waals surface area contributed by atoms with Gasteiger partial charge in [-0.25, -0.2) is 27.7 Å². The van der Waals surface area contributed by atoms with Crippen LogP contribution in [0.2, 0.25) is 5.02 Å². The van der Waals surface area contributed by atoms with Crippen molar-refractivity contribution in [2.75, 3.05) is 62.4 Å². The number of cyclic esters (lactones) is 1. The summed E-state index contributed by atoms with van der Waals surface area (Å²) in [6, 6.07) is 11.3. The number of nitrogens with one attached hydrogen (secondary N) is 1. The van der Waals surface area contributed by atoms with Gasteiger partial charge in [0.05, 0.1) is 50.0 Å². The number of pyridine rings is 2. The van der Waals surface area contributed by atoms with Gasteiger partial charge in [0.15, 0.2) is 11.4 Å². The van der Waals surface area contributed by atoms with Crippen LogP contribution >= 0.6 is 22.9 Å². The monoisotopic (exact) mass is 1070 g/mol. The lowest BCUT2D eigenvalue weighted by molar-refractivity contribution is -0.172. The molecule has 390 valence electrons. The Bertz CT molecular complexity index is 3810. The summed E-state index contributed by atoms with van der Waals surface area (Å²) in [5.41, 5.74) is 5.08. The number of likely N-dealkylation sites (tertiary alicyclic amines) is 1. The zero-order valence-electron chi connectivity index (χ0n) is 41.1. The van der Waals surface area contributed by atoms with Crippen molar-refractivity contribution in [3.05, 3.63) is 110 Å². The number of fused-ring (bicyclic) bond motifs is 7. The fourth-order valence-corrected chi connectivity index (χ4v) is 11.9. The summed E-state index contributed by atoms with van der Waals surface area (Å²) in [6.07, 6.45) is 0.770. The van der Waals surface area contributed by atoms with Crippen molar-refractivity contribution in [1.29, 1.82) is 5.26 Å². The molecule has 76 heavy (non-hydrogen) atoms. The molecule has 8 heterocycles. The van der Waals surface area contributed by atoms with E-state index in [1.807, 2.05) is 24.9 Å². The van der Waals surface area contributed by atoms with Gasteiger partial charge in [0.2, 0.25) is 0 Å². The summed E-state index contributed by atoms with van der Waals surface area (Å²) in [7, 11) is 1.99. The number of rotatable bonds is 10. The van der Waals surface area contributed by atoms with E-state index >= 15 is 13.2 Å². The Balaban J connectivity index is 0.790. The van der Waals surface area contributed by atoms with Crippen LogP contribution in [0.15, 0.2) is 59.4 Å². The summed E-state index contributed by atoms with van der Waals surface area (Å²) >= 11 is 7.80. The number of nitrogens with zero attached hydrogens (tertiary/aromatic N) is 8. The van der Waals surface area contributed by atoms with Crippen molar-refractivity contribution in [1.82, 2.24) is 29.3 Å². The van der Waals surface area contributed by atoms with Crippen LogP contribution < -0.4 is 26.2 Å². The Morgan fingerprint density at radius 2 is 1.91 bits per heavy atom. The number of ether oxygens (including phenoxy) is 3. The molecule has 11 rings (SSSR count). The Morgan fingerprint density at radius 1 is 1.11 bits per heavy atom. The average Bonchev–Trinajstić information content (AvgIpc) is 4.10. The van der Waals surface area contributed by atoms with Crippen LogP contribution in [0.4, 0.5) is 34.5 Å². The van der Waals surface area contributed by atoms with Gasteiger partial charge in [0.1, 0.15) is 53.9 Å². The molecular weight excluding hydrogens is 1030 g/mol. The molecule has 7 aromatic rings. The van der Waals surface area contributed by atoms with Crippen molar-refractivity contribution >= 4 is 89.3 Å². The van der Waals surface area contributed by atoms with E-state index < -0.39 is 59.2 Å². The number of hydrogen-bond donors (Lipinski definition) is 3. The molecule has 2 amide bonds. The van der Waals surface area contributed by atoms with Gasteiger partial charge < -0.3 is 44.3 Å². The van der Waals surface area contributed by atoms with E-state index in [1.54, 1.807) is 19.1 Å². The van der Waals surface area contributed by atoms with Gasteiger partial charge in [-0.15, -0.1) is 11.3 Å². The summed E-state index contributed by atoms with van der Waals surface area (Å²) in [5.74, 6) is -3.41. The fourth-order valence-electron chi connectivity index (χ4n) is 10.7. The van der Waals surface area contributed by atoms with E-state index in [0.717, 1.165) is 42.9 Å². The second-order valence-electron chi connectivity index (χ2n) is 19.3. The number of nitriles is 1. The second-order valence-corrected chi connectivity index (χ2v) is 20.8. The molecule has 0 saturated carbocycles. The molecule has 4 N–H and O–H groups in total. The number of thiophene rings is 1. The van der Waals surface area contributed by atoms with Gasteiger partial charge in [0.25, 0.3) is 11.5 Å². The summed E-state index contributed by atoms with van der Waals surface area (Å²) in [4.78, 5) is 72.6. The molecule has 23 heteroatoms. The second kappa shape index (κ2) is 19.1. The number of esters is 1. The lowest BCUT2D eigenvalue weighted by atomic mass is 9.86. The lowest BCUT2D eigenvalue weighted by Gasteiger charge is -2.41. The number of piperazine rings is 1. The Morgan fingerprint density at radius 3 is 2.64 bits per heavy atom. The van der Waals surface area contributed by atoms with Crippen molar-refractivity contribution in [3.8, 4) is 34.6 Å². The number of likely N-dealkylation sites (N-methyl/N-ethyl adjacent to an activating group) is 1. The molecule has 0 spiro atoms. The van der Waals surface area contributed by atoms with Gasteiger partial charge in [-0.1, -0.05) is 31.2 Å². The third kappa shape index (κ3) is 8.28. The van der Waals surface area contributed by atoms with Gasteiger partial charge in [-0.3, -0.25) is 14.9 Å². The Labute approximate surface area is 439 Å². The van der Waals surface area contributed by atoms with Crippen LogP contribution in [0.5, 0.6) is 6.01 Å². The molecule has 2 fully saturated rings. The molecule has 3 unspecified atom stereocenters. The number of halogens is 4. The summed E-state index contributed by atoms with van der Waals surface area (Å²) in [5, 5.41) is 24.4. The van der Waals surface area contributed by atoms with Crippen LogP contribution in [-0.4, -0.2) is 111 Å². The minimum Gasteiger partial charge on any atom is -0.462 e. The van der Waals surface area contributed by atoms with Gasteiger partial charge in [-0.05, 0) is 75.7 Å². The van der Waals surface area contributed by atoms with Crippen LogP contribution in [0.1, 0.15) is 55.4 Å². The number of hydrogen-bond acceptors (Lipinski definition) is 16. The van der Waals surface area contributed by atoms with E-state index in [0.29, 0.717) is 22.3 Å². The van der Waals surface area contributed by atoms with Gasteiger partial charge >= 0.3 is 18.1 Å². The van der Waals surface area contributed by atoms with Crippen LogP contribution in [0.25, 0.3) is 54.4 Å². The predicted octanol–water partition coefficient (Wildman–Crippen LogP) is 7.74. The number of carbonyl (C=O) groups is 3. The van der Waals surface area contributed by atoms with E-state index in [1.165, 1.54) is 27.7 Å². The number of aliphatic hydroxyl groups is 1. The molecule has 3 atom stereocenters. The van der Waals surface area contributed by atoms with Crippen molar-refractivity contribution in [2.24, 2.45) is 0 Å². The highest BCUT2D eigenvalue weighted by Crippen LogP contribution is 2.46.